The average Bonchev–Trinajstić information content (AvgIpc) is 3.11. The Bertz CT molecular complexity index is 463. The maximum Gasteiger partial charge on any atom is 0.122 e. The third-order valence-corrected chi connectivity index (χ3v) is 6.39. The number of imidazole rings is 1. The zero-order valence-electron chi connectivity index (χ0n) is 13.6. The molecule has 0 aliphatic heterocycles. The zero-order chi connectivity index (χ0) is 14.9. The van der Waals surface area contributed by atoms with E-state index in [0.29, 0.717) is 5.41 Å². The van der Waals surface area contributed by atoms with Crippen LogP contribution in [-0.2, 0) is 13.6 Å². The lowest BCUT2D eigenvalue weighted by Gasteiger charge is -2.49. The Morgan fingerprint density at radius 2 is 1.86 bits per heavy atom. The van der Waals surface area contributed by atoms with Crippen molar-refractivity contribution in [2.45, 2.75) is 63.5 Å². The zero-order valence-corrected chi connectivity index (χ0v) is 13.6. The molecule has 0 unspecified atom stereocenters. The van der Waals surface area contributed by atoms with Crippen molar-refractivity contribution in [1.82, 2.24) is 14.5 Å². The molecule has 1 heterocycles. The first kappa shape index (κ1) is 15.0. The molecule has 21 heavy (non-hydrogen) atoms. The van der Waals surface area contributed by atoms with Crippen LogP contribution in [0, 0.1) is 5.41 Å². The number of nitrogens with zero attached hydrogens (tertiary/aromatic N) is 3. The second-order valence-electron chi connectivity index (χ2n) is 7.45. The van der Waals surface area contributed by atoms with Crippen molar-refractivity contribution >= 4 is 0 Å². The summed E-state index contributed by atoms with van der Waals surface area (Å²) in [7, 11) is 4.30. The summed E-state index contributed by atoms with van der Waals surface area (Å²) in [5.74, 6) is 1.13. The van der Waals surface area contributed by atoms with Gasteiger partial charge >= 0.3 is 0 Å². The molecule has 1 aromatic rings. The number of hydrogen-bond acceptors (Lipinski definition) is 3. The van der Waals surface area contributed by atoms with E-state index in [0.717, 1.165) is 18.9 Å². The van der Waals surface area contributed by atoms with E-state index in [4.69, 9.17) is 5.73 Å². The lowest BCUT2D eigenvalue weighted by atomic mass is 9.66. The molecule has 4 nitrogen and oxygen atoms in total. The van der Waals surface area contributed by atoms with Crippen molar-refractivity contribution in [2.24, 2.45) is 18.2 Å². The average molecular weight is 290 g/mol. The van der Waals surface area contributed by atoms with Gasteiger partial charge in [0.2, 0.25) is 0 Å². The van der Waals surface area contributed by atoms with Gasteiger partial charge in [0.25, 0.3) is 0 Å². The molecule has 2 aliphatic carbocycles. The Morgan fingerprint density at radius 1 is 1.19 bits per heavy atom. The predicted molar refractivity (Wildman–Crippen MR) is 85.8 cm³/mol. The molecule has 2 fully saturated rings. The van der Waals surface area contributed by atoms with E-state index in [1.54, 1.807) is 0 Å². The van der Waals surface area contributed by atoms with Gasteiger partial charge < -0.3 is 10.3 Å². The summed E-state index contributed by atoms with van der Waals surface area (Å²) < 4.78 is 2.11. The highest BCUT2D eigenvalue weighted by Gasteiger charge is 2.45. The molecule has 118 valence electrons. The van der Waals surface area contributed by atoms with E-state index in [1.165, 1.54) is 51.4 Å². The molecule has 2 N–H and O–H groups in total. The third-order valence-electron chi connectivity index (χ3n) is 6.39. The summed E-state index contributed by atoms with van der Waals surface area (Å²) >= 11 is 0. The highest BCUT2D eigenvalue weighted by atomic mass is 15.2. The first-order valence-electron chi connectivity index (χ1n) is 8.47. The Balaban J connectivity index is 1.68. The van der Waals surface area contributed by atoms with Crippen LogP contribution in [0.3, 0.4) is 0 Å². The molecule has 1 aromatic heterocycles. The highest BCUT2D eigenvalue weighted by molar-refractivity contribution is 5.02. The van der Waals surface area contributed by atoms with Gasteiger partial charge in [-0.2, -0.15) is 0 Å². The fourth-order valence-electron chi connectivity index (χ4n) is 4.54. The Kier molecular flexibility index (Phi) is 4.10. The van der Waals surface area contributed by atoms with Crippen LogP contribution < -0.4 is 5.73 Å². The van der Waals surface area contributed by atoms with Crippen LogP contribution in [0.5, 0.6) is 0 Å². The van der Waals surface area contributed by atoms with E-state index in [1.807, 2.05) is 12.4 Å². The fourth-order valence-corrected chi connectivity index (χ4v) is 4.54. The van der Waals surface area contributed by atoms with Gasteiger partial charge in [0, 0.05) is 31.5 Å². The van der Waals surface area contributed by atoms with E-state index in [-0.39, 0.29) is 5.54 Å². The van der Waals surface area contributed by atoms with Gasteiger partial charge in [0.05, 0.1) is 6.54 Å². The van der Waals surface area contributed by atoms with Gasteiger partial charge in [-0.25, -0.2) is 4.98 Å². The molecule has 2 saturated carbocycles. The van der Waals surface area contributed by atoms with E-state index in [9.17, 15) is 0 Å². The highest BCUT2D eigenvalue weighted by Crippen LogP contribution is 2.52. The lowest BCUT2D eigenvalue weighted by molar-refractivity contribution is 0.0239. The fraction of sp³-hybridized carbons (Fsp3) is 0.824. The predicted octanol–water partition coefficient (Wildman–Crippen LogP) is 2.68. The quantitative estimate of drug-likeness (QED) is 0.927. The van der Waals surface area contributed by atoms with Crippen molar-refractivity contribution in [3.8, 4) is 0 Å². The van der Waals surface area contributed by atoms with Gasteiger partial charge in [-0.1, -0.05) is 12.8 Å². The third kappa shape index (κ3) is 2.76. The van der Waals surface area contributed by atoms with Crippen LogP contribution in [0.15, 0.2) is 12.4 Å². The molecule has 4 heteroatoms. The molecule has 0 bridgehead atoms. The molecule has 1 spiro atoms. The smallest absolute Gasteiger partial charge is 0.122 e. The monoisotopic (exact) mass is 290 g/mol. The van der Waals surface area contributed by atoms with Crippen LogP contribution in [0.2, 0.25) is 0 Å². The van der Waals surface area contributed by atoms with Gasteiger partial charge in [-0.05, 0) is 51.0 Å². The van der Waals surface area contributed by atoms with Crippen molar-refractivity contribution in [1.29, 1.82) is 0 Å². The molecule has 2 aliphatic rings. The number of likely N-dealkylation sites (N-methyl/N-ethyl adjacent to an activating group) is 1. The molecular formula is C17H30N4. The maximum absolute atomic E-state index is 6.22. The van der Waals surface area contributed by atoms with Gasteiger partial charge in [0.15, 0.2) is 0 Å². The summed E-state index contributed by atoms with van der Waals surface area (Å²) in [6, 6.07) is 0. The van der Waals surface area contributed by atoms with Crippen molar-refractivity contribution in [2.75, 3.05) is 13.6 Å². The van der Waals surface area contributed by atoms with Crippen LogP contribution in [-0.4, -0.2) is 33.6 Å². The van der Waals surface area contributed by atoms with Crippen LogP contribution in [0.4, 0.5) is 0 Å². The first-order valence-corrected chi connectivity index (χ1v) is 8.47. The normalized spacial score (nSPS) is 24.0. The number of aromatic nitrogens is 2. The van der Waals surface area contributed by atoms with E-state index >= 15 is 0 Å². The Labute approximate surface area is 128 Å². The van der Waals surface area contributed by atoms with Crippen LogP contribution in [0.25, 0.3) is 0 Å². The Hall–Kier alpha value is -0.870. The summed E-state index contributed by atoms with van der Waals surface area (Å²) in [5.41, 5.74) is 7.07. The first-order chi connectivity index (χ1) is 10.1. The van der Waals surface area contributed by atoms with Crippen LogP contribution in [0.1, 0.15) is 57.2 Å². The minimum absolute atomic E-state index is 0.180. The standard InChI is InChI=1S/C17H30N4/c1-20-12-11-19-15(20)13-21(2)17(14-18)9-7-16(8-10-17)5-3-4-6-16/h11-12H,3-10,13-14,18H2,1-2H3. The molecule has 0 saturated heterocycles. The summed E-state index contributed by atoms with van der Waals surface area (Å²) in [5, 5.41) is 0. The number of nitrogens with two attached hydrogens (primary N) is 1. The molecule has 0 aromatic carbocycles. The van der Waals surface area contributed by atoms with E-state index < -0.39 is 0 Å². The van der Waals surface area contributed by atoms with E-state index in [2.05, 4.69) is 28.5 Å². The number of hydrogen-bond donors (Lipinski definition) is 1. The van der Waals surface area contributed by atoms with Crippen LogP contribution >= 0.6 is 0 Å². The molecule has 0 atom stereocenters. The topological polar surface area (TPSA) is 47.1 Å². The van der Waals surface area contributed by atoms with Gasteiger partial charge in [-0.3, -0.25) is 4.90 Å². The minimum Gasteiger partial charge on any atom is -0.337 e. The Morgan fingerprint density at radius 3 is 2.38 bits per heavy atom. The van der Waals surface area contributed by atoms with Crippen molar-refractivity contribution < 1.29 is 0 Å². The molecular weight excluding hydrogens is 260 g/mol. The molecule has 0 radical (unpaired) electrons. The number of aryl methyl sites for hydroxylation is 1. The second kappa shape index (κ2) is 5.73. The SMILES string of the molecule is CN(Cc1nccn1C)C1(CN)CCC2(CCCC2)CC1. The number of rotatable bonds is 4. The van der Waals surface area contributed by atoms with Gasteiger partial charge in [-0.15, -0.1) is 0 Å². The summed E-state index contributed by atoms with van der Waals surface area (Å²) in [6.45, 7) is 1.66. The van der Waals surface area contributed by atoms with Crippen molar-refractivity contribution in [3.05, 3.63) is 18.2 Å². The lowest BCUT2D eigenvalue weighted by Crippen LogP contribution is -2.55. The molecule has 3 rings (SSSR count). The second-order valence-corrected chi connectivity index (χ2v) is 7.45. The van der Waals surface area contributed by atoms with Crippen molar-refractivity contribution in [3.63, 3.8) is 0 Å². The molecule has 0 amide bonds. The minimum atomic E-state index is 0.180. The summed E-state index contributed by atoms with van der Waals surface area (Å²) in [6.07, 6.45) is 14.9. The largest absolute Gasteiger partial charge is 0.337 e. The maximum atomic E-state index is 6.22. The summed E-state index contributed by atoms with van der Waals surface area (Å²) in [4.78, 5) is 6.94. The van der Waals surface area contributed by atoms with Gasteiger partial charge in [0.1, 0.15) is 5.82 Å².